The van der Waals surface area contributed by atoms with E-state index < -0.39 is 10.0 Å². The van der Waals surface area contributed by atoms with Gasteiger partial charge in [0.1, 0.15) is 5.75 Å². The van der Waals surface area contributed by atoms with E-state index in [9.17, 15) is 13.2 Å². The number of para-hydroxylation sites is 1. The minimum Gasteiger partial charge on any atom is -0.496 e. The molecule has 0 bridgehead atoms. The summed E-state index contributed by atoms with van der Waals surface area (Å²) in [4.78, 5) is 14.5. The summed E-state index contributed by atoms with van der Waals surface area (Å²) in [6, 6.07) is 16.0. The van der Waals surface area contributed by atoms with E-state index in [1.807, 2.05) is 29.2 Å². The van der Waals surface area contributed by atoms with Crippen LogP contribution in [0.5, 0.6) is 5.75 Å². The number of carbonyl (C=O) groups excluding carboxylic acids is 1. The fraction of sp³-hybridized carbons (Fsp3) is 0.350. The molecule has 0 spiro atoms. The van der Waals surface area contributed by atoms with Crippen LogP contribution in [-0.2, 0) is 21.4 Å². The van der Waals surface area contributed by atoms with E-state index in [1.165, 1.54) is 4.31 Å². The van der Waals surface area contributed by atoms with Crippen LogP contribution in [0.3, 0.4) is 0 Å². The summed E-state index contributed by atoms with van der Waals surface area (Å²) in [5.41, 5.74) is 0.914. The van der Waals surface area contributed by atoms with Crippen LogP contribution in [0.15, 0.2) is 59.5 Å². The largest absolute Gasteiger partial charge is 0.496 e. The predicted octanol–water partition coefficient (Wildman–Crippen LogP) is 1.32. The molecular formula is C20H25N3O4S. The molecule has 3 rings (SSSR count). The zero-order valence-corrected chi connectivity index (χ0v) is 16.7. The lowest BCUT2D eigenvalue weighted by Gasteiger charge is -2.33. The first kappa shape index (κ1) is 20.3. The van der Waals surface area contributed by atoms with Gasteiger partial charge in [0.25, 0.3) is 0 Å². The topological polar surface area (TPSA) is 79.0 Å². The molecule has 2 aromatic carbocycles. The molecule has 0 aromatic heterocycles. The van der Waals surface area contributed by atoms with Crippen molar-refractivity contribution in [2.45, 2.75) is 11.4 Å². The number of hydrogen-bond acceptors (Lipinski definition) is 5. The molecule has 150 valence electrons. The molecule has 1 heterocycles. The molecule has 2 aromatic rings. The van der Waals surface area contributed by atoms with Crippen LogP contribution >= 0.6 is 0 Å². The van der Waals surface area contributed by atoms with E-state index in [1.54, 1.807) is 37.4 Å². The second-order valence-electron chi connectivity index (χ2n) is 6.58. The molecule has 0 aliphatic carbocycles. The molecule has 0 saturated carbocycles. The summed E-state index contributed by atoms with van der Waals surface area (Å²) in [5.74, 6) is 0.646. The lowest BCUT2D eigenvalue weighted by molar-refractivity contribution is -0.122. The van der Waals surface area contributed by atoms with Crippen LogP contribution in [0.1, 0.15) is 5.56 Å². The summed E-state index contributed by atoms with van der Waals surface area (Å²) in [7, 11) is -1.87. The number of rotatable bonds is 7. The van der Waals surface area contributed by atoms with E-state index in [-0.39, 0.29) is 12.5 Å². The predicted molar refractivity (Wildman–Crippen MR) is 106 cm³/mol. The third-order valence-electron chi connectivity index (χ3n) is 4.75. The average Bonchev–Trinajstić information content (AvgIpc) is 2.73. The van der Waals surface area contributed by atoms with Gasteiger partial charge < -0.3 is 10.1 Å². The van der Waals surface area contributed by atoms with E-state index in [4.69, 9.17) is 4.74 Å². The molecular weight excluding hydrogens is 378 g/mol. The van der Waals surface area contributed by atoms with Crippen LogP contribution in [0.4, 0.5) is 0 Å². The molecule has 1 N–H and O–H groups in total. The summed E-state index contributed by atoms with van der Waals surface area (Å²) >= 11 is 0. The van der Waals surface area contributed by atoms with Gasteiger partial charge in [-0.2, -0.15) is 4.31 Å². The normalized spacial score (nSPS) is 15.9. The standard InChI is InChI=1S/C20H25N3O4S/c1-27-19-10-6-5-7-17(19)15-21-20(24)16-22-11-13-23(14-12-22)28(25,26)18-8-3-2-4-9-18/h2-10H,11-16H2,1H3,(H,21,24). The molecule has 7 nitrogen and oxygen atoms in total. The maximum Gasteiger partial charge on any atom is 0.243 e. The number of carbonyl (C=O) groups is 1. The molecule has 1 aliphatic rings. The smallest absolute Gasteiger partial charge is 0.243 e. The second-order valence-corrected chi connectivity index (χ2v) is 8.52. The van der Waals surface area contributed by atoms with Crippen molar-refractivity contribution in [2.75, 3.05) is 39.8 Å². The minimum absolute atomic E-state index is 0.0923. The number of hydrogen-bond donors (Lipinski definition) is 1. The number of amides is 1. The van der Waals surface area contributed by atoms with Crippen molar-refractivity contribution in [3.05, 3.63) is 60.2 Å². The van der Waals surface area contributed by atoms with Gasteiger partial charge in [-0.15, -0.1) is 0 Å². The second kappa shape index (κ2) is 9.18. The summed E-state index contributed by atoms with van der Waals surface area (Å²) < 4.78 is 32.1. The molecule has 1 saturated heterocycles. The van der Waals surface area contributed by atoms with Crippen LogP contribution in [-0.4, -0.2) is 63.4 Å². The number of methoxy groups -OCH3 is 1. The number of nitrogens with one attached hydrogen (secondary N) is 1. The first-order valence-corrected chi connectivity index (χ1v) is 10.6. The Bertz CT molecular complexity index is 895. The maximum atomic E-state index is 12.7. The number of nitrogens with zero attached hydrogens (tertiary/aromatic N) is 2. The van der Waals surface area contributed by atoms with Crippen molar-refractivity contribution >= 4 is 15.9 Å². The quantitative estimate of drug-likeness (QED) is 0.754. The van der Waals surface area contributed by atoms with Crippen LogP contribution in [0, 0.1) is 0 Å². The van der Waals surface area contributed by atoms with Gasteiger partial charge in [0.2, 0.25) is 15.9 Å². The molecule has 1 aliphatic heterocycles. The fourth-order valence-electron chi connectivity index (χ4n) is 3.17. The number of sulfonamides is 1. The summed E-state index contributed by atoms with van der Waals surface area (Å²) in [6.07, 6.45) is 0. The third kappa shape index (κ3) is 4.89. The van der Waals surface area contributed by atoms with Crippen molar-refractivity contribution in [1.82, 2.24) is 14.5 Å². The van der Waals surface area contributed by atoms with Gasteiger partial charge in [0, 0.05) is 38.3 Å². The summed E-state index contributed by atoms with van der Waals surface area (Å²) in [5, 5.41) is 2.90. The Hall–Kier alpha value is -2.42. The number of benzene rings is 2. The highest BCUT2D eigenvalue weighted by Crippen LogP contribution is 2.18. The van der Waals surface area contributed by atoms with Gasteiger partial charge in [-0.3, -0.25) is 9.69 Å². The van der Waals surface area contributed by atoms with Gasteiger partial charge in [-0.25, -0.2) is 8.42 Å². The highest BCUT2D eigenvalue weighted by atomic mass is 32.2. The van der Waals surface area contributed by atoms with E-state index in [0.717, 1.165) is 11.3 Å². The maximum absolute atomic E-state index is 12.7. The lowest BCUT2D eigenvalue weighted by Crippen LogP contribution is -2.50. The van der Waals surface area contributed by atoms with E-state index in [0.29, 0.717) is 37.6 Å². The van der Waals surface area contributed by atoms with Gasteiger partial charge in [-0.1, -0.05) is 36.4 Å². The third-order valence-corrected chi connectivity index (χ3v) is 6.66. The van der Waals surface area contributed by atoms with Crippen molar-refractivity contribution < 1.29 is 17.9 Å². The van der Waals surface area contributed by atoms with E-state index in [2.05, 4.69) is 5.32 Å². The van der Waals surface area contributed by atoms with Crippen LogP contribution in [0.25, 0.3) is 0 Å². The molecule has 0 atom stereocenters. The zero-order valence-electron chi connectivity index (χ0n) is 15.9. The Labute approximate surface area is 166 Å². The van der Waals surface area contributed by atoms with Gasteiger partial charge >= 0.3 is 0 Å². The molecule has 1 fully saturated rings. The highest BCUT2D eigenvalue weighted by molar-refractivity contribution is 7.89. The highest BCUT2D eigenvalue weighted by Gasteiger charge is 2.28. The fourth-order valence-corrected chi connectivity index (χ4v) is 4.61. The Balaban J connectivity index is 1.48. The first-order chi connectivity index (χ1) is 13.5. The molecule has 0 unspecified atom stereocenters. The summed E-state index contributed by atoms with van der Waals surface area (Å²) in [6.45, 7) is 2.43. The zero-order chi connectivity index (χ0) is 20.0. The van der Waals surface area contributed by atoms with Crippen molar-refractivity contribution in [1.29, 1.82) is 0 Å². The van der Waals surface area contributed by atoms with Crippen molar-refractivity contribution in [3.8, 4) is 5.75 Å². The molecule has 1 amide bonds. The minimum atomic E-state index is -3.48. The SMILES string of the molecule is COc1ccccc1CNC(=O)CN1CCN(S(=O)(=O)c2ccccc2)CC1. The molecule has 8 heteroatoms. The van der Waals surface area contributed by atoms with Crippen LogP contribution in [0.2, 0.25) is 0 Å². The Morgan fingerprint density at radius 1 is 1.00 bits per heavy atom. The first-order valence-electron chi connectivity index (χ1n) is 9.17. The van der Waals surface area contributed by atoms with Crippen LogP contribution < -0.4 is 10.1 Å². The Morgan fingerprint density at radius 2 is 1.64 bits per heavy atom. The van der Waals surface area contributed by atoms with Gasteiger partial charge in [-0.05, 0) is 18.2 Å². The Morgan fingerprint density at radius 3 is 2.32 bits per heavy atom. The number of piperazine rings is 1. The van der Waals surface area contributed by atoms with E-state index >= 15 is 0 Å². The molecule has 0 radical (unpaired) electrons. The van der Waals surface area contributed by atoms with Gasteiger partial charge in [0.05, 0.1) is 18.6 Å². The van der Waals surface area contributed by atoms with Crippen molar-refractivity contribution in [2.24, 2.45) is 0 Å². The number of ether oxygens (including phenoxy) is 1. The van der Waals surface area contributed by atoms with Gasteiger partial charge in [0.15, 0.2) is 0 Å². The van der Waals surface area contributed by atoms with Crippen molar-refractivity contribution in [3.63, 3.8) is 0 Å². The monoisotopic (exact) mass is 403 g/mol. The average molecular weight is 404 g/mol. The lowest BCUT2D eigenvalue weighted by atomic mass is 10.2. The molecule has 28 heavy (non-hydrogen) atoms. The Kier molecular flexibility index (Phi) is 6.66.